The van der Waals surface area contributed by atoms with Crippen molar-refractivity contribution in [3.8, 4) is 0 Å². The van der Waals surface area contributed by atoms with Crippen LogP contribution in [0.15, 0.2) is 24.3 Å². The molecule has 0 spiro atoms. The molecular weight excluding hydrogens is 254 g/mol. The van der Waals surface area contributed by atoms with Crippen LogP contribution in [0.25, 0.3) is 0 Å². The van der Waals surface area contributed by atoms with E-state index in [1.54, 1.807) is 12.1 Å². The molecule has 20 heavy (non-hydrogen) atoms. The zero-order valence-electron chi connectivity index (χ0n) is 11.6. The van der Waals surface area contributed by atoms with Crippen molar-refractivity contribution in [2.75, 3.05) is 13.1 Å². The summed E-state index contributed by atoms with van der Waals surface area (Å²) in [4.78, 5) is 13.1. The summed E-state index contributed by atoms with van der Waals surface area (Å²) < 4.78 is 0. The van der Waals surface area contributed by atoms with E-state index in [0.717, 1.165) is 25.1 Å². The minimum absolute atomic E-state index is 0.228. The molecule has 108 valence electrons. The molecule has 0 amide bonds. The first kappa shape index (κ1) is 13.5. The fourth-order valence-corrected chi connectivity index (χ4v) is 3.80. The molecule has 5 nitrogen and oxygen atoms in total. The van der Waals surface area contributed by atoms with Crippen LogP contribution in [0.3, 0.4) is 0 Å². The molecule has 5 heteroatoms. The SMILES string of the molecule is NC1CCCC2CN(Cc3ccccc3[N+](=O)[O-])CC12. The van der Waals surface area contributed by atoms with Crippen molar-refractivity contribution in [3.05, 3.63) is 39.9 Å². The predicted molar refractivity (Wildman–Crippen MR) is 77.2 cm³/mol. The Morgan fingerprint density at radius 3 is 2.85 bits per heavy atom. The number of benzene rings is 1. The Kier molecular flexibility index (Phi) is 3.72. The molecule has 1 aromatic rings. The third-order valence-corrected chi connectivity index (χ3v) is 4.81. The number of hydrogen-bond acceptors (Lipinski definition) is 4. The van der Waals surface area contributed by atoms with Crippen molar-refractivity contribution in [2.45, 2.75) is 31.8 Å². The average Bonchev–Trinajstić information content (AvgIpc) is 2.83. The van der Waals surface area contributed by atoms with Gasteiger partial charge in [0.1, 0.15) is 0 Å². The highest BCUT2D eigenvalue weighted by molar-refractivity contribution is 5.39. The van der Waals surface area contributed by atoms with Gasteiger partial charge in [0.05, 0.1) is 4.92 Å². The molecule has 1 aliphatic heterocycles. The molecule has 1 saturated heterocycles. The van der Waals surface area contributed by atoms with Crippen molar-refractivity contribution >= 4 is 5.69 Å². The summed E-state index contributed by atoms with van der Waals surface area (Å²) in [6.07, 6.45) is 3.61. The Morgan fingerprint density at radius 2 is 2.10 bits per heavy atom. The molecule has 2 N–H and O–H groups in total. The second kappa shape index (κ2) is 5.50. The Labute approximate surface area is 118 Å². The van der Waals surface area contributed by atoms with Gasteiger partial charge in [0.2, 0.25) is 0 Å². The zero-order valence-corrected chi connectivity index (χ0v) is 11.6. The quantitative estimate of drug-likeness (QED) is 0.677. The van der Waals surface area contributed by atoms with Crippen molar-refractivity contribution in [3.63, 3.8) is 0 Å². The van der Waals surface area contributed by atoms with Crippen LogP contribution in [0.1, 0.15) is 24.8 Å². The Hall–Kier alpha value is -1.46. The maximum Gasteiger partial charge on any atom is 0.273 e. The van der Waals surface area contributed by atoms with Crippen LogP contribution in [0, 0.1) is 22.0 Å². The van der Waals surface area contributed by atoms with E-state index in [1.165, 1.54) is 12.8 Å². The first-order valence-corrected chi connectivity index (χ1v) is 7.35. The van der Waals surface area contributed by atoms with E-state index in [4.69, 9.17) is 5.73 Å². The van der Waals surface area contributed by atoms with E-state index in [-0.39, 0.29) is 10.6 Å². The van der Waals surface area contributed by atoms with E-state index < -0.39 is 0 Å². The standard InChI is InChI=1S/C15H21N3O2/c16-14-6-3-5-11-8-17(10-13(11)14)9-12-4-1-2-7-15(12)18(19)20/h1-2,4,7,11,13-14H,3,5-6,8-10,16H2. The summed E-state index contributed by atoms with van der Waals surface area (Å²) >= 11 is 0. The molecule has 3 unspecified atom stereocenters. The molecule has 1 aromatic carbocycles. The lowest BCUT2D eigenvalue weighted by atomic mass is 9.78. The van der Waals surface area contributed by atoms with Crippen LogP contribution in [0.4, 0.5) is 5.69 Å². The fraction of sp³-hybridized carbons (Fsp3) is 0.600. The molecule has 2 aliphatic rings. The van der Waals surface area contributed by atoms with Crippen molar-refractivity contribution in [1.29, 1.82) is 0 Å². The summed E-state index contributed by atoms with van der Waals surface area (Å²) in [5.41, 5.74) is 7.26. The number of likely N-dealkylation sites (tertiary alicyclic amines) is 1. The molecule has 3 rings (SSSR count). The van der Waals surface area contributed by atoms with E-state index >= 15 is 0 Å². The minimum atomic E-state index is -0.288. The van der Waals surface area contributed by atoms with E-state index in [1.807, 2.05) is 12.1 Å². The molecule has 1 saturated carbocycles. The summed E-state index contributed by atoms with van der Waals surface area (Å²) in [5.74, 6) is 1.26. The number of hydrogen-bond donors (Lipinski definition) is 1. The summed E-state index contributed by atoms with van der Waals surface area (Å²) in [7, 11) is 0. The maximum absolute atomic E-state index is 11.1. The summed E-state index contributed by atoms with van der Waals surface area (Å²) in [5, 5.41) is 11.1. The van der Waals surface area contributed by atoms with Crippen LogP contribution in [-0.4, -0.2) is 29.0 Å². The van der Waals surface area contributed by atoms with Crippen LogP contribution >= 0.6 is 0 Å². The average molecular weight is 275 g/mol. The van der Waals surface area contributed by atoms with Gasteiger partial charge in [0.25, 0.3) is 5.69 Å². The smallest absolute Gasteiger partial charge is 0.273 e. The van der Waals surface area contributed by atoms with Crippen molar-refractivity contribution < 1.29 is 4.92 Å². The van der Waals surface area contributed by atoms with Gasteiger partial charge < -0.3 is 5.73 Å². The number of nitro groups is 1. The Morgan fingerprint density at radius 1 is 1.30 bits per heavy atom. The molecule has 0 aromatic heterocycles. The van der Waals surface area contributed by atoms with Crippen molar-refractivity contribution in [2.24, 2.45) is 17.6 Å². The van der Waals surface area contributed by atoms with Gasteiger partial charge in [-0.3, -0.25) is 15.0 Å². The van der Waals surface area contributed by atoms with Gasteiger partial charge in [-0.2, -0.15) is 0 Å². The molecule has 3 atom stereocenters. The monoisotopic (exact) mass is 275 g/mol. The Bertz CT molecular complexity index is 506. The number of nitrogens with two attached hydrogens (primary N) is 1. The van der Waals surface area contributed by atoms with Gasteiger partial charge in [-0.05, 0) is 24.7 Å². The fourth-order valence-electron chi connectivity index (χ4n) is 3.80. The zero-order chi connectivity index (χ0) is 14.1. The second-order valence-corrected chi connectivity index (χ2v) is 6.10. The lowest BCUT2D eigenvalue weighted by Crippen LogP contribution is -2.38. The van der Waals surface area contributed by atoms with E-state index in [2.05, 4.69) is 4.90 Å². The molecule has 2 fully saturated rings. The lowest BCUT2D eigenvalue weighted by molar-refractivity contribution is -0.385. The van der Waals surface area contributed by atoms with Crippen LogP contribution in [0.2, 0.25) is 0 Å². The number of nitro benzene ring substituents is 1. The van der Waals surface area contributed by atoms with Gasteiger partial charge in [-0.1, -0.05) is 24.6 Å². The van der Waals surface area contributed by atoms with Crippen LogP contribution < -0.4 is 5.73 Å². The van der Waals surface area contributed by atoms with Gasteiger partial charge in [-0.25, -0.2) is 0 Å². The first-order chi connectivity index (χ1) is 9.65. The molecule has 0 bridgehead atoms. The van der Waals surface area contributed by atoms with Crippen LogP contribution in [-0.2, 0) is 6.54 Å². The number of nitrogens with zero attached hydrogens (tertiary/aromatic N) is 2. The lowest BCUT2D eigenvalue weighted by Gasteiger charge is -2.29. The molecule has 1 aliphatic carbocycles. The molecular formula is C15H21N3O2. The predicted octanol–water partition coefficient (Wildman–Crippen LogP) is 2.15. The number of fused-ring (bicyclic) bond motifs is 1. The van der Waals surface area contributed by atoms with Crippen LogP contribution in [0.5, 0.6) is 0 Å². The topological polar surface area (TPSA) is 72.4 Å². The van der Waals surface area contributed by atoms with Gasteiger partial charge in [-0.15, -0.1) is 0 Å². The molecule has 0 radical (unpaired) electrons. The highest BCUT2D eigenvalue weighted by atomic mass is 16.6. The number of para-hydroxylation sites is 1. The third kappa shape index (κ3) is 2.55. The minimum Gasteiger partial charge on any atom is -0.327 e. The Balaban J connectivity index is 1.72. The second-order valence-electron chi connectivity index (χ2n) is 6.10. The molecule has 1 heterocycles. The third-order valence-electron chi connectivity index (χ3n) is 4.81. The van der Waals surface area contributed by atoms with Crippen molar-refractivity contribution in [1.82, 2.24) is 4.90 Å². The van der Waals surface area contributed by atoms with Gasteiger partial charge in [0, 0.05) is 37.3 Å². The van der Waals surface area contributed by atoms with E-state index in [9.17, 15) is 10.1 Å². The highest BCUT2D eigenvalue weighted by Crippen LogP contribution is 2.36. The summed E-state index contributed by atoms with van der Waals surface area (Å²) in [6, 6.07) is 7.35. The highest BCUT2D eigenvalue weighted by Gasteiger charge is 2.38. The van der Waals surface area contributed by atoms with E-state index in [0.29, 0.717) is 24.4 Å². The summed E-state index contributed by atoms with van der Waals surface area (Å²) in [6.45, 7) is 2.68. The largest absolute Gasteiger partial charge is 0.327 e. The normalized spacial score (nSPS) is 30.1. The van der Waals surface area contributed by atoms with Gasteiger partial charge >= 0.3 is 0 Å². The number of rotatable bonds is 3. The van der Waals surface area contributed by atoms with Gasteiger partial charge in [0.15, 0.2) is 0 Å². The first-order valence-electron chi connectivity index (χ1n) is 7.35. The maximum atomic E-state index is 11.1.